The molecule has 1 aromatic heterocycles. The Morgan fingerprint density at radius 2 is 1.76 bits per heavy atom. The van der Waals surface area contributed by atoms with Gasteiger partial charge in [-0.2, -0.15) is 0 Å². The molecule has 1 aliphatic heterocycles. The molecule has 0 aliphatic carbocycles. The van der Waals surface area contributed by atoms with Gasteiger partial charge in [-0.05, 0) is 80.3 Å². The maximum Gasteiger partial charge on any atom is 0.338 e. The van der Waals surface area contributed by atoms with Gasteiger partial charge in [-0.15, -0.1) is 0 Å². The van der Waals surface area contributed by atoms with Crippen LogP contribution in [0.5, 0.6) is 5.75 Å². The van der Waals surface area contributed by atoms with Gasteiger partial charge >= 0.3 is 5.97 Å². The van der Waals surface area contributed by atoms with E-state index in [-0.39, 0.29) is 12.2 Å². The van der Waals surface area contributed by atoms with Crippen LogP contribution in [0.1, 0.15) is 47.7 Å². The van der Waals surface area contributed by atoms with E-state index < -0.39 is 12.0 Å². The highest BCUT2D eigenvalue weighted by Crippen LogP contribution is 2.31. The number of carbonyl (C=O) groups is 1. The number of hydrogen-bond acceptors (Lipinski definition) is 6. The van der Waals surface area contributed by atoms with E-state index in [4.69, 9.17) is 32.7 Å². The molecular formula is C32H28Cl2N2O4S. The van der Waals surface area contributed by atoms with Gasteiger partial charge in [0.2, 0.25) is 0 Å². The molecule has 6 nitrogen and oxygen atoms in total. The number of aromatic nitrogens is 1. The van der Waals surface area contributed by atoms with Crippen LogP contribution >= 0.6 is 34.5 Å². The zero-order chi connectivity index (χ0) is 29.3. The molecule has 1 atom stereocenters. The molecule has 0 unspecified atom stereocenters. The molecule has 0 fully saturated rings. The van der Waals surface area contributed by atoms with Gasteiger partial charge in [0.1, 0.15) is 12.4 Å². The fourth-order valence-electron chi connectivity index (χ4n) is 4.98. The highest BCUT2D eigenvalue weighted by atomic mass is 35.5. The second-order valence-electron chi connectivity index (χ2n) is 9.72. The molecule has 0 amide bonds. The van der Waals surface area contributed by atoms with Gasteiger partial charge in [-0.1, -0.05) is 70.9 Å². The van der Waals surface area contributed by atoms with Gasteiger partial charge in [0.15, 0.2) is 4.80 Å². The third kappa shape index (κ3) is 5.89. The van der Waals surface area contributed by atoms with E-state index in [0.717, 1.165) is 33.6 Å². The number of benzene rings is 3. The maximum absolute atomic E-state index is 13.8. The molecule has 5 rings (SSSR count). The summed E-state index contributed by atoms with van der Waals surface area (Å²) in [5.41, 5.74) is 5.06. The number of fused-ring (bicyclic) bond motifs is 1. The van der Waals surface area contributed by atoms with Crippen LogP contribution in [0.4, 0.5) is 0 Å². The highest BCUT2D eigenvalue weighted by Gasteiger charge is 2.33. The molecule has 4 aromatic rings. The van der Waals surface area contributed by atoms with Crippen LogP contribution in [-0.4, -0.2) is 17.1 Å². The molecule has 0 saturated heterocycles. The number of nitrogens with zero attached hydrogens (tertiary/aromatic N) is 2. The third-order valence-corrected chi connectivity index (χ3v) is 8.37. The number of carbonyl (C=O) groups excluding carboxylic acids is 1. The molecule has 0 bridgehead atoms. The monoisotopic (exact) mass is 606 g/mol. The fraction of sp³-hybridized carbons (Fsp3) is 0.219. The molecule has 0 N–H and O–H groups in total. The topological polar surface area (TPSA) is 69.9 Å². The summed E-state index contributed by atoms with van der Waals surface area (Å²) in [6.45, 7) is 8.00. The first kappa shape index (κ1) is 28.9. The van der Waals surface area contributed by atoms with Crippen molar-refractivity contribution in [3.8, 4) is 5.75 Å². The van der Waals surface area contributed by atoms with Crippen molar-refractivity contribution in [2.24, 2.45) is 4.99 Å². The van der Waals surface area contributed by atoms with Crippen molar-refractivity contribution in [2.75, 3.05) is 6.61 Å². The van der Waals surface area contributed by atoms with Gasteiger partial charge < -0.3 is 9.47 Å². The van der Waals surface area contributed by atoms with Crippen molar-refractivity contribution >= 4 is 46.6 Å². The summed E-state index contributed by atoms with van der Waals surface area (Å²) < 4.78 is 13.6. The number of esters is 1. The van der Waals surface area contributed by atoms with E-state index in [0.29, 0.717) is 37.3 Å². The third-order valence-electron chi connectivity index (χ3n) is 6.80. The maximum atomic E-state index is 13.8. The first-order chi connectivity index (χ1) is 19.7. The first-order valence-corrected chi connectivity index (χ1v) is 14.7. The summed E-state index contributed by atoms with van der Waals surface area (Å²) in [4.78, 5) is 32.0. The molecule has 210 valence electrons. The predicted molar refractivity (Wildman–Crippen MR) is 164 cm³/mol. The molecule has 0 radical (unpaired) electrons. The Hall–Kier alpha value is -3.65. The fourth-order valence-corrected chi connectivity index (χ4v) is 6.49. The first-order valence-electron chi connectivity index (χ1n) is 13.1. The average molecular weight is 608 g/mol. The lowest BCUT2D eigenvalue weighted by Gasteiger charge is -2.24. The smallest absolute Gasteiger partial charge is 0.338 e. The zero-order valence-electron chi connectivity index (χ0n) is 23.0. The van der Waals surface area contributed by atoms with Gasteiger partial charge in [0.25, 0.3) is 5.56 Å². The van der Waals surface area contributed by atoms with E-state index in [1.54, 1.807) is 30.5 Å². The Kier molecular flexibility index (Phi) is 8.50. The van der Waals surface area contributed by atoms with Gasteiger partial charge in [-0.25, -0.2) is 9.79 Å². The van der Waals surface area contributed by atoms with Gasteiger partial charge in [-0.3, -0.25) is 9.36 Å². The summed E-state index contributed by atoms with van der Waals surface area (Å²) in [6, 6.07) is 18.1. The summed E-state index contributed by atoms with van der Waals surface area (Å²) in [7, 11) is 0. The van der Waals surface area contributed by atoms with Crippen LogP contribution in [-0.2, 0) is 16.1 Å². The Labute approximate surface area is 251 Å². The van der Waals surface area contributed by atoms with E-state index in [1.165, 1.54) is 11.3 Å². The second kappa shape index (κ2) is 12.1. The number of ether oxygens (including phenoxy) is 2. The molecule has 41 heavy (non-hydrogen) atoms. The molecule has 2 heterocycles. The molecule has 3 aromatic carbocycles. The number of rotatable bonds is 7. The van der Waals surface area contributed by atoms with Crippen molar-refractivity contribution in [1.29, 1.82) is 0 Å². The summed E-state index contributed by atoms with van der Waals surface area (Å²) in [5, 5.41) is 1.12. The Balaban J connectivity index is 1.53. The van der Waals surface area contributed by atoms with E-state index in [1.807, 2.05) is 68.5 Å². The highest BCUT2D eigenvalue weighted by molar-refractivity contribution is 7.07. The van der Waals surface area contributed by atoms with Gasteiger partial charge in [0, 0.05) is 15.6 Å². The SMILES string of the molecule is CCOC(=O)C1=C(C)N=c2s/c(=C\c3cc(C)c(OCc4ccc(Cl)cc4Cl)c(C)c3)c(=O)n2[C@@H]1c1ccccc1. The van der Waals surface area contributed by atoms with Crippen molar-refractivity contribution in [1.82, 2.24) is 4.57 Å². The lowest BCUT2D eigenvalue weighted by molar-refractivity contribution is -0.139. The quantitative estimate of drug-likeness (QED) is 0.231. The lowest BCUT2D eigenvalue weighted by atomic mass is 9.96. The number of aryl methyl sites for hydroxylation is 2. The Bertz CT molecular complexity index is 1840. The Morgan fingerprint density at radius 3 is 2.41 bits per heavy atom. The largest absolute Gasteiger partial charge is 0.488 e. The van der Waals surface area contributed by atoms with Crippen LogP contribution < -0.4 is 19.6 Å². The zero-order valence-corrected chi connectivity index (χ0v) is 25.4. The van der Waals surface area contributed by atoms with E-state index in [9.17, 15) is 9.59 Å². The van der Waals surface area contributed by atoms with Crippen molar-refractivity contribution in [3.05, 3.63) is 129 Å². The van der Waals surface area contributed by atoms with Crippen LogP contribution in [0.2, 0.25) is 10.0 Å². The minimum atomic E-state index is -0.632. The molecule has 9 heteroatoms. The van der Waals surface area contributed by atoms with Crippen LogP contribution in [0.3, 0.4) is 0 Å². The van der Waals surface area contributed by atoms with Crippen LogP contribution in [0, 0.1) is 13.8 Å². The average Bonchev–Trinajstić information content (AvgIpc) is 3.23. The summed E-state index contributed by atoms with van der Waals surface area (Å²) >= 11 is 13.6. The number of halogens is 2. The van der Waals surface area contributed by atoms with E-state index in [2.05, 4.69) is 4.99 Å². The van der Waals surface area contributed by atoms with E-state index >= 15 is 0 Å². The molecular weight excluding hydrogens is 579 g/mol. The van der Waals surface area contributed by atoms with Crippen molar-refractivity contribution in [2.45, 2.75) is 40.3 Å². The van der Waals surface area contributed by atoms with Crippen LogP contribution in [0.25, 0.3) is 6.08 Å². The standard InChI is InChI=1S/C32H28Cl2N2O4S/c1-5-39-31(38)27-20(4)35-32-36(28(27)22-9-7-6-8-10-22)30(37)26(41-32)15-21-13-18(2)29(19(3)14-21)40-17-23-11-12-24(33)16-25(23)34/h6-16,28H,5,17H2,1-4H3/b26-15-/t28-/m1/s1. The molecule has 0 saturated carbocycles. The summed E-state index contributed by atoms with van der Waals surface area (Å²) in [6.07, 6.45) is 1.86. The van der Waals surface area contributed by atoms with Crippen molar-refractivity contribution in [3.63, 3.8) is 0 Å². The predicted octanol–water partition coefficient (Wildman–Crippen LogP) is 6.30. The second-order valence-corrected chi connectivity index (χ2v) is 11.6. The summed E-state index contributed by atoms with van der Waals surface area (Å²) in [5.74, 6) is 0.284. The molecule has 0 spiro atoms. The minimum Gasteiger partial charge on any atom is -0.488 e. The lowest BCUT2D eigenvalue weighted by Crippen LogP contribution is -2.39. The minimum absolute atomic E-state index is 0.218. The number of hydrogen-bond donors (Lipinski definition) is 0. The van der Waals surface area contributed by atoms with Crippen molar-refractivity contribution < 1.29 is 14.3 Å². The number of thiazole rings is 1. The molecule has 1 aliphatic rings. The number of allylic oxidation sites excluding steroid dienone is 1. The normalized spacial score (nSPS) is 15.0. The Morgan fingerprint density at radius 1 is 1.05 bits per heavy atom. The van der Waals surface area contributed by atoms with Crippen LogP contribution in [0.15, 0.2) is 81.7 Å². The van der Waals surface area contributed by atoms with Gasteiger partial charge in [0.05, 0.1) is 28.5 Å².